The lowest BCUT2D eigenvalue weighted by atomic mass is 9.99. The zero-order valence-corrected chi connectivity index (χ0v) is 7.76. The summed E-state index contributed by atoms with van der Waals surface area (Å²) in [5.41, 5.74) is 0.0389. The second-order valence-corrected chi connectivity index (χ2v) is 3.57. The predicted molar refractivity (Wildman–Crippen MR) is 43.6 cm³/mol. The molecule has 0 aliphatic rings. The van der Waals surface area contributed by atoms with Gasteiger partial charge in [0.05, 0.1) is 6.61 Å². The van der Waals surface area contributed by atoms with Crippen LogP contribution in [-0.4, -0.2) is 12.7 Å². The Morgan fingerprint density at radius 1 is 1.60 bits per heavy atom. The molecule has 0 radical (unpaired) electrons. The van der Waals surface area contributed by atoms with Crippen LogP contribution in [0.25, 0.3) is 0 Å². The lowest BCUT2D eigenvalue weighted by molar-refractivity contribution is 0.112. The minimum absolute atomic E-state index is 0.0389. The Bertz CT molecular complexity index is 119. The Kier molecular flexibility index (Phi) is 3.66. The van der Waals surface area contributed by atoms with Gasteiger partial charge in [-0.15, -0.1) is 0 Å². The van der Waals surface area contributed by atoms with Crippen LogP contribution >= 0.6 is 9.39 Å². The molecular weight excluding hydrogens is 149 g/mol. The molecule has 0 bridgehead atoms. The van der Waals surface area contributed by atoms with Crippen molar-refractivity contribution in [2.24, 2.45) is 5.41 Å². The van der Waals surface area contributed by atoms with Crippen molar-refractivity contribution < 1.29 is 9.53 Å². The highest BCUT2D eigenvalue weighted by atomic mass is 31.0. The molecule has 0 saturated heterocycles. The molecule has 0 aromatic heterocycles. The summed E-state index contributed by atoms with van der Waals surface area (Å²) in [5, 5.41) is 2.29. The predicted octanol–water partition coefficient (Wildman–Crippen LogP) is 1.55. The summed E-state index contributed by atoms with van der Waals surface area (Å²) in [4.78, 5) is 10.5. The third kappa shape index (κ3) is 5.83. The Hall–Kier alpha value is -0.300. The maximum Gasteiger partial charge on any atom is 0.410 e. The molecule has 0 aromatic carbocycles. The Labute approximate surface area is 63.8 Å². The zero-order chi connectivity index (χ0) is 8.20. The first kappa shape index (κ1) is 9.70. The molecule has 0 rings (SSSR count). The average Bonchev–Trinajstić information content (AvgIpc) is 1.81. The Morgan fingerprint density at radius 2 is 2.10 bits per heavy atom. The molecule has 0 heterocycles. The summed E-state index contributed by atoms with van der Waals surface area (Å²) >= 11 is 0. The van der Waals surface area contributed by atoms with Crippen LogP contribution in [0.4, 0.5) is 4.79 Å². The number of rotatable bonds is 1. The molecule has 1 N–H and O–H groups in total. The number of ether oxygens (including phenoxy) is 1. The van der Waals surface area contributed by atoms with Crippen LogP contribution in [0.5, 0.6) is 0 Å². The number of nitrogens with one attached hydrogen (secondary N) is 1. The summed E-state index contributed by atoms with van der Waals surface area (Å²) in [6.45, 7) is 6.45. The van der Waals surface area contributed by atoms with Gasteiger partial charge in [0.2, 0.25) is 0 Å². The SMILES string of the molecule is CC(C)(C)COC(=O)NP. The molecule has 0 spiro atoms. The number of hydrogen-bond donors (Lipinski definition) is 1. The maximum atomic E-state index is 10.5. The van der Waals surface area contributed by atoms with E-state index in [1.54, 1.807) is 0 Å². The number of carbonyl (C=O) groups is 1. The van der Waals surface area contributed by atoms with Gasteiger partial charge in [-0.3, -0.25) is 0 Å². The van der Waals surface area contributed by atoms with Crippen LogP contribution in [0.3, 0.4) is 0 Å². The van der Waals surface area contributed by atoms with Crippen molar-refractivity contribution in [3.63, 3.8) is 0 Å². The van der Waals surface area contributed by atoms with Crippen LogP contribution in [0.1, 0.15) is 20.8 Å². The van der Waals surface area contributed by atoms with Crippen molar-refractivity contribution in [3.8, 4) is 0 Å². The van der Waals surface area contributed by atoms with E-state index in [2.05, 4.69) is 14.5 Å². The summed E-state index contributed by atoms with van der Waals surface area (Å²) in [6.07, 6.45) is -0.403. The minimum Gasteiger partial charge on any atom is -0.449 e. The van der Waals surface area contributed by atoms with Gasteiger partial charge in [0.15, 0.2) is 0 Å². The van der Waals surface area contributed by atoms with Gasteiger partial charge in [-0.05, 0) is 14.8 Å². The highest BCUT2D eigenvalue weighted by Gasteiger charge is 2.12. The van der Waals surface area contributed by atoms with E-state index >= 15 is 0 Å². The van der Waals surface area contributed by atoms with Gasteiger partial charge in [0.25, 0.3) is 0 Å². The maximum absolute atomic E-state index is 10.5. The number of hydrogen-bond acceptors (Lipinski definition) is 2. The first-order chi connectivity index (χ1) is 4.45. The van der Waals surface area contributed by atoms with Crippen LogP contribution in [0, 0.1) is 5.41 Å². The van der Waals surface area contributed by atoms with Crippen molar-refractivity contribution in [2.45, 2.75) is 20.8 Å². The van der Waals surface area contributed by atoms with Gasteiger partial charge in [-0.2, -0.15) is 0 Å². The molecule has 3 nitrogen and oxygen atoms in total. The topological polar surface area (TPSA) is 38.3 Å². The van der Waals surface area contributed by atoms with Gasteiger partial charge in [0.1, 0.15) is 0 Å². The molecular formula is C6H14NO2P. The molecule has 4 heteroatoms. The Morgan fingerprint density at radius 3 is 2.40 bits per heavy atom. The average molecular weight is 163 g/mol. The van der Waals surface area contributed by atoms with E-state index in [0.29, 0.717) is 6.61 Å². The molecule has 0 aromatic rings. The standard InChI is InChI=1S/C6H14NO2P/c1-6(2,3)4-9-5(8)7-10/h4,10H2,1-3H3,(H,7,8). The molecule has 60 valence electrons. The molecule has 0 aliphatic carbocycles. The van der Waals surface area contributed by atoms with E-state index < -0.39 is 6.09 Å². The second-order valence-electron chi connectivity index (χ2n) is 3.28. The van der Waals surface area contributed by atoms with E-state index in [-0.39, 0.29) is 5.41 Å². The lowest BCUT2D eigenvalue weighted by Crippen LogP contribution is -2.22. The van der Waals surface area contributed by atoms with Crippen LogP contribution in [-0.2, 0) is 4.74 Å². The van der Waals surface area contributed by atoms with Crippen LogP contribution in [0.2, 0.25) is 0 Å². The number of amides is 1. The molecule has 0 aliphatic heterocycles. The van der Waals surface area contributed by atoms with Gasteiger partial charge < -0.3 is 9.82 Å². The summed E-state index contributed by atoms with van der Waals surface area (Å²) in [7, 11) is 2.08. The second kappa shape index (κ2) is 3.77. The largest absolute Gasteiger partial charge is 0.449 e. The quantitative estimate of drug-likeness (QED) is 0.595. The minimum atomic E-state index is -0.403. The van der Waals surface area contributed by atoms with Gasteiger partial charge in [-0.1, -0.05) is 20.8 Å². The van der Waals surface area contributed by atoms with Crippen molar-refractivity contribution in [3.05, 3.63) is 0 Å². The molecule has 1 unspecified atom stereocenters. The molecule has 1 atom stereocenters. The molecule has 0 fully saturated rings. The lowest BCUT2D eigenvalue weighted by Gasteiger charge is -2.17. The summed E-state index contributed by atoms with van der Waals surface area (Å²) < 4.78 is 4.78. The third-order valence-electron chi connectivity index (χ3n) is 0.754. The monoisotopic (exact) mass is 163 g/mol. The van der Waals surface area contributed by atoms with E-state index in [1.807, 2.05) is 20.8 Å². The van der Waals surface area contributed by atoms with E-state index in [9.17, 15) is 4.79 Å². The fourth-order valence-corrected chi connectivity index (χ4v) is 0.407. The van der Waals surface area contributed by atoms with Gasteiger partial charge in [-0.25, -0.2) is 4.79 Å². The first-order valence-corrected chi connectivity index (χ1v) is 3.67. The van der Waals surface area contributed by atoms with E-state index in [0.717, 1.165) is 0 Å². The van der Waals surface area contributed by atoms with Crippen LogP contribution in [0.15, 0.2) is 0 Å². The molecule has 1 amide bonds. The molecule has 10 heavy (non-hydrogen) atoms. The summed E-state index contributed by atoms with van der Waals surface area (Å²) in [5.74, 6) is 0. The van der Waals surface area contributed by atoms with E-state index in [1.165, 1.54) is 0 Å². The highest BCUT2D eigenvalue weighted by molar-refractivity contribution is 7.15. The zero-order valence-electron chi connectivity index (χ0n) is 6.60. The fraction of sp³-hybridized carbons (Fsp3) is 0.833. The van der Waals surface area contributed by atoms with Crippen molar-refractivity contribution in [2.75, 3.05) is 6.61 Å². The van der Waals surface area contributed by atoms with E-state index in [4.69, 9.17) is 4.74 Å². The van der Waals surface area contributed by atoms with Crippen molar-refractivity contribution in [1.29, 1.82) is 0 Å². The molecule has 0 saturated carbocycles. The van der Waals surface area contributed by atoms with Crippen molar-refractivity contribution in [1.82, 2.24) is 5.09 Å². The van der Waals surface area contributed by atoms with Crippen LogP contribution < -0.4 is 5.09 Å². The normalized spacial score (nSPS) is 10.8. The third-order valence-corrected chi connectivity index (χ3v) is 0.990. The fourth-order valence-electron chi connectivity index (χ4n) is 0.324. The summed E-state index contributed by atoms with van der Waals surface area (Å²) in [6, 6.07) is 0. The highest BCUT2D eigenvalue weighted by Crippen LogP contribution is 2.12. The Balaban J connectivity index is 3.46. The van der Waals surface area contributed by atoms with Gasteiger partial charge >= 0.3 is 6.09 Å². The number of carbonyl (C=O) groups excluding carboxylic acids is 1. The van der Waals surface area contributed by atoms with Gasteiger partial charge in [0, 0.05) is 0 Å². The van der Waals surface area contributed by atoms with Crippen molar-refractivity contribution >= 4 is 15.5 Å². The first-order valence-electron chi connectivity index (χ1n) is 3.09. The smallest absolute Gasteiger partial charge is 0.410 e.